The zero-order valence-electron chi connectivity index (χ0n) is 15.7. The Labute approximate surface area is 163 Å². The van der Waals surface area contributed by atoms with Gasteiger partial charge in [-0.2, -0.15) is 0 Å². The summed E-state index contributed by atoms with van der Waals surface area (Å²) in [5.74, 6) is 0.0562. The van der Waals surface area contributed by atoms with Crippen LogP contribution in [0.15, 0.2) is 23.1 Å². The summed E-state index contributed by atoms with van der Waals surface area (Å²) in [6.07, 6.45) is 2.83. The van der Waals surface area contributed by atoms with Gasteiger partial charge in [0.25, 0.3) is 0 Å². The van der Waals surface area contributed by atoms with Crippen LogP contribution in [0, 0.1) is 0 Å². The first-order chi connectivity index (χ1) is 11.7. The third kappa shape index (κ3) is 5.42. The Morgan fingerprint density at radius 3 is 2.31 bits per heavy atom. The van der Waals surface area contributed by atoms with Gasteiger partial charge in [0.15, 0.2) is 0 Å². The van der Waals surface area contributed by atoms with Crippen molar-refractivity contribution < 1.29 is 13.2 Å². The van der Waals surface area contributed by atoms with E-state index in [9.17, 15) is 13.2 Å². The van der Waals surface area contributed by atoms with Gasteiger partial charge in [-0.3, -0.25) is 4.79 Å². The third-order valence-corrected chi connectivity index (χ3v) is 6.66. The molecule has 0 saturated heterocycles. The summed E-state index contributed by atoms with van der Waals surface area (Å²) < 4.78 is 27.9. The minimum atomic E-state index is -3.60. The number of amides is 1. The van der Waals surface area contributed by atoms with Crippen LogP contribution in [-0.2, 0) is 27.7 Å². The highest BCUT2D eigenvalue weighted by molar-refractivity contribution is 7.89. The van der Waals surface area contributed by atoms with Crippen molar-refractivity contribution in [3.05, 3.63) is 29.3 Å². The molecule has 3 N–H and O–H groups in total. The third-order valence-electron chi connectivity index (χ3n) is 5.26. The van der Waals surface area contributed by atoms with Crippen LogP contribution in [0.5, 0.6) is 0 Å². The quantitative estimate of drug-likeness (QED) is 0.758. The van der Waals surface area contributed by atoms with Gasteiger partial charge in [0, 0.05) is 32.1 Å². The number of halogens is 1. The second-order valence-corrected chi connectivity index (χ2v) is 8.60. The number of hydrogen-bond donors (Lipinski definition) is 2. The van der Waals surface area contributed by atoms with Crippen LogP contribution < -0.4 is 10.5 Å². The fraction of sp³-hybridized carbons (Fsp3) is 0.611. The molecule has 0 unspecified atom stereocenters. The number of carbonyl (C=O) groups excluding carboxylic acids is 1. The molecule has 1 aliphatic heterocycles. The van der Waals surface area contributed by atoms with Crippen molar-refractivity contribution in [1.82, 2.24) is 9.62 Å². The van der Waals surface area contributed by atoms with Crippen LogP contribution in [0.3, 0.4) is 0 Å². The normalized spacial score (nSPS) is 15.0. The van der Waals surface area contributed by atoms with Crippen molar-refractivity contribution in [1.29, 1.82) is 0 Å². The van der Waals surface area contributed by atoms with E-state index in [0.717, 1.165) is 17.5 Å². The Morgan fingerprint density at radius 2 is 1.77 bits per heavy atom. The standard InChI is InChI=1S/C18H29N3O3S.ClH/c1-4-18(19,5-2)13-20-25(23,24)17-7-6-15-8-10-21(14(3)22)11-9-16(15)12-17;/h6-7,12,20H,4-5,8-11,13,19H2,1-3H3;1H. The largest absolute Gasteiger partial charge is 0.342 e. The minimum Gasteiger partial charge on any atom is -0.342 e. The average Bonchev–Trinajstić information content (AvgIpc) is 2.81. The van der Waals surface area contributed by atoms with E-state index < -0.39 is 15.6 Å². The highest BCUT2D eigenvalue weighted by atomic mass is 35.5. The van der Waals surface area contributed by atoms with Gasteiger partial charge >= 0.3 is 0 Å². The van der Waals surface area contributed by atoms with Gasteiger partial charge < -0.3 is 10.6 Å². The molecule has 1 aromatic carbocycles. The maximum Gasteiger partial charge on any atom is 0.240 e. The summed E-state index contributed by atoms with van der Waals surface area (Å²) >= 11 is 0. The molecule has 1 aromatic rings. The predicted molar refractivity (Wildman–Crippen MR) is 106 cm³/mol. The number of sulfonamides is 1. The summed E-state index contributed by atoms with van der Waals surface area (Å²) in [6.45, 7) is 7.00. The van der Waals surface area contributed by atoms with Crippen LogP contribution >= 0.6 is 12.4 Å². The molecule has 0 fully saturated rings. The number of nitrogens with two attached hydrogens (primary N) is 1. The first kappa shape index (κ1) is 22.9. The first-order valence-corrected chi connectivity index (χ1v) is 10.3. The van der Waals surface area contributed by atoms with Crippen molar-refractivity contribution in [3.8, 4) is 0 Å². The molecule has 0 aliphatic carbocycles. The fourth-order valence-corrected chi connectivity index (χ4v) is 4.19. The van der Waals surface area contributed by atoms with Crippen LogP contribution in [0.1, 0.15) is 44.7 Å². The second-order valence-electron chi connectivity index (χ2n) is 6.83. The number of benzene rings is 1. The molecule has 2 rings (SSSR count). The number of nitrogens with one attached hydrogen (secondary N) is 1. The highest BCUT2D eigenvalue weighted by Crippen LogP contribution is 2.21. The Balaban J connectivity index is 0.00000338. The van der Waals surface area contributed by atoms with Crippen LogP contribution in [0.4, 0.5) is 0 Å². The molecule has 6 nitrogen and oxygen atoms in total. The summed E-state index contributed by atoms with van der Waals surface area (Å²) in [7, 11) is -3.60. The minimum absolute atomic E-state index is 0. The van der Waals surface area contributed by atoms with E-state index >= 15 is 0 Å². The van der Waals surface area contributed by atoms with Crippen molar-refractivity contribution in [2.24, 2.45) is 5.73 Å². The monoisotopic (exact) mass is 403 g/mol. The van der Waals surface area contributed by atoms with E-state index in [0.29, 0.717) is 32.4 Å². The SMILES string of the molecule is CCC(N)(CC)CNS(=O)(=O)c1ccc2c(c1)CCN(C(C)=O)CC2.Cl. The molecule has 1 heterocycles. The zero-order chi connectivity index (χ0) is 18.7. The maximum atomic E-state index is 12.6. The molecule has 26 heavy (non-hydrogen) atoms. The lowest BCUT2D eigenvalue weighted by Gasteiger charge is -2.26. The van der Waals surface area contributed by atoms with Crippen molar-refractivity contribution >= 4 is 28.3 Å². The van der Waals surface area contributed by atoms with Crippen LogP contribution in [-0.4, -0.2) is 44.4 Å². The van der Waals surface area contributed by atoms with Crippen molar-refractivity contribution in [2.75, 3.05) is 19.6 Å². The van der Waals surface area contributed by atoms with Gasteiger partial charge in [0.05, 0.1) is 4.90 Å². The van der Waals surface area contributed by atoms with Gasteiger partial charge in [-0.05, 0) is 48.9 Å². The fourth-order valence-electron chi connectivity index (χ4n) is 3.01. The van der Waals surface area contributed by atoms with Crippen molar-refractivity contribution in [3.63, 3.8) is 0 Å². The molecule has 1 aliphatic rings. The lowest BCUT2D eigenvalue weighted by Crippen LogP contribution is -2.49. The zero-order valence-corrected chi connectivity index (χ0v) is 17.4. The lowest BCUT2D eigenvalue weighted by atomic mass is 9.95. The van der Waals surface area contributed by atoms with E-state index in [1.54, 1.807) is 24.0 Å². The molecule has 148 valence electrons. The Morgan fingerprint density at radius 1 is 1.19 bits per heavy atom. The number of fused-ring (bicyclic) bond motifs is 1. The topological polar surface area (TPSA) is 92.5 Å². The molecule has 8 heteroatoms. The lowest BCUT2D eigenvalue weighted by molar-refractivity contribution is -0.128. The summed E-state index contributed by atoms with van der Waals surface area (Å²) in [5.41, 5.74) is 7.77. The molecule has 0 bridgehead atoms. The van der Waals surface area contributed by atoms with Crippen LogP contribution in [0.2, 0.25) is 0 Å². The Kier molecular flexibility index (Phi) is 8.07. The highest BCUT2D eigenvalue weighted by Gasteiger charge is 2.25. The predicted octanol–water partition coefficient (Wildman–Crippen LogP) is 1.85. The average molecular weight is 404 g/mol. The summed E-state index contributed by atoms with van der Waals surface area (Å²) in [5, 5.41) is 0. The van der Waals surface area contributed by atoms with E-state index in [1.807, 2.05) is 19.9 Å². The van der Waals surface area contributed by atoms with Gasteiger partial charge in [-0.25, -0.2) is 13.1 Å². The maximum absolute atomic E-state index is 12.6. The van der Waals surface area contributed by atoms with E-state index in [-0.39, 0.29) is 29.8 Å². The van der Waals surface area contributed by atoms with E-state index in [1.165, 1.54) is 0 Å². The molecular weight excluding hydrogens is 374 g/mol. The molecule has 0 spiro atoms. The molecule has 1 amide bonds. The van der Waals surface area contributed by atoms with Gasteiger partial charge in [0.2, 0.25) is 15.9 Å². The van der Waals surface area contributed by atoms with Gasteiger partial charge in [0.1, 0.15) is 0 Å². The van der Waals surface area contributed by atoms with Gasteiger partial charge in [-0.1, -0.05) is 19.9 Å². The van der Waals surface area contributed by atoms with Crippen molar-refractivity contribution in [2.45, 2.75) is 56.9 Å². The van der Waals surface area contributed by atoms with Crippen LogP contribution in [0.25, 0.3) is 0 Å². The second kappa shape index (κ2) is 9.17. The molecule has 0 radical (unpaired) electrons. The number of carbonyl (C=O) groups is 1. The Bertz CT molecular complexity index is 733. The molecule has 0 saturated carbocycles. The van der Waals surface area contributed by atoms with E-state index in [4.69, 9.17) is 5.73 Å². The summed E-state index contributed by atoms with van der Waals surface area (Å²) in [6, 6.07) is 5.24. The number of rotatable bonds is 6. The molecule has 0 aromatic heterocycles. The summed E-state index contributed by atoms with van der Waals surface area (Å²) in [4.78, 5) is 13.6. The Hall–Kier alpha value is -1.15. The number of nitrogens with zero attached hydrogens (tertiary/aromatic N) is 1. The molecule has 0 atom stereocenters. The van der Waals surface area contributed by atoms with Gasteiger partial charge in [-0.15, -0.1) is 12.4 Å². The van der Waals surface area contributed by atoms with E-state index in [2.05, 4.69) is 4.72 Å². The smallest absolute Gasteiger partial charge is 0.240 e. The number of hydrogen-bond acceptors (Lipinski definition) is 4. The first-order valence-electron chi connectivity index (χ1n) is 8.86. The molecular formula is C18H30ClN3O3S.